The first-order valence-electron chi connectivity index (χ1n) is 3.69. The quantitative estimate of drug-likeness (QED) is 0.505. The first-order valence-corrected chi connectivity index (χ1v) is 3.69. The number of aliphatic imine (C=N–C) groups is 1. The molecule has 0 saturated heterocycles. The molecule has 11 heavy (non-hydrogen) atoms. The molecule has 1 heteroatoms. The molecule has 0 amide bonds. The Labute approximate surface area is 67.8 Å². The number of allylic oxidation sites excluding steroid dienone is 4. The maximum Gasteiger partial charge on any atom is 0.0939 e. The molecule has 0 aromatic heterocycles. The zero-order valence-electron chi connectivity index (χ0n) is 7.04. The second kappa shape index (κ2) is 2.87. The lowest BCUT2D eigenvalue weighted by Gasteiger charge is -2.13. The summed E-state index contributed by atoms with van der Waals surface area (Å²) in [5.74, 6) is 0. The van der Waals surface area contributed by atoms with Crippen molar-refractivity contribution in [1.29, 1.82) is 0 Å². The van der Waals surface area contributed by atoms with Gasteiger partial charge in [0.15, 0.2) is 0 Å². The van der Waals surface area contributed by atoms with Crippen LogP contribution in [0.25, 0.3) is 0 Å². The SMILES string of the molecule is C=NC1(C)C=CC=C(C)C=C1. The molecule has 1 unspecified atom stereocenters. The predicted octanol–water partition coefficient (Wildman–Crippen LogP) is 2.52. The Morgan fingerprint density at radius 2 is 2.18 bits per heavy atom. The first kappa shape index (κ1) is 7.99. The smallest absolute Gasteiger partial charge is 0.0939 e. The topological polar surface area (TPSA) is 12.4 Å². The van der Waals surface area contributed by atoms with Gasteiger partial charge in [-0.15, -0.1) is 0 Å². The largest absolute Gasteiger partial charge is 0.286 e. The van der Waals surface area contributed by atoms with Crippen molar-refractivity contribution in [2.24, 2.45) is 4.99 Å². The van der Waals surface area contributed by atoms with Crippen LogP contribution in [0.15, 0.2) is 40.9 Å². The van der Waals surface area contributed by atoms with Crippen LogP contribution in [-0.4, -0.2) is 12.3 Å². The van der Waals surface area contributed by atoms with Crippen molar-refractivity contribution in [3.8, 4) is 0 Å². The highest BCUT2D eigenvalue weighted by atomic mass is 14.8. The van der Waals surface area contributed by atoms with Crippen molar-refractivity contribution >= 4 is 6.72 Å². The molecule has 0 fully saturated rings. The summed E-state index contributed by atoms with van der Waals surface area (Å²) in [6.07, 6.45) is 10.2. The van der Waals surface area contributed by atoms with E-state index in [0.29, 0.717) is 0 Å². The van der Waals surface area contributed by atoms with E-state index in [1.54, 1.807) is 0 Å². The van der Waals surface area contributed by atoms with Gasteiger partial charge in [-0.05, 0) is 20.6 Å². The average molecular weight is 147 g/mol. The molecule has 1 aliphatic carbocycles. The highest BCUT2D eigenvalue weighted by Gasteiger charge is 2.13. The Kier molecular flexibility index (Phi) is 2.08. The zero-order chi connectivity index (χ0) is 8.32. The first-order chi connectivity index (χ1) is 5.16. The third-order valence-corrected chi connectivity index (χ3v) is 1.82. The second-order valence-corrected chi connectivity index (χ2v) is 2.99. The molecule has 0 radical (unpaired) electrons. The van der Waals surface area contributed by atoms with Gasteiger partial charge < -0.3 is 0 Å². The summed E-state index contributed by atoms with van der Waals surface area (Å²) < 4.78 is 0. The second-order valence-electron chi connectivity index (χ2n) is 2.99. The number of nitrogens with zero attached hydrogens (tertiary/aromatic N) is 1. The van der Waals surface area contributed by atoms with Crippen LogP contribution in [-0.2, 0) is 0 Å². The maximum atomic E-state index is 4.02. The average Bonchev–Trinajstić information content (AvgIpc) is 2.15. The Morgan fingerprint density at radius 1 is 1.45 bits per heavy atom. The molecule has 0 N–H and O–H groups in total. The number of hydrogen-bond donors (Lipinski definition) is 0. The molecule has 1 nitrogen and oxygen atoms in total. The van der Waals surface area contributed by atoms with Crippen LogP contribution in [0.4, 0.5) is 0 Å². The summed E-state index contributed by atoms with van der Waals surface area (Å²) in [5, 5.41) is 0. The van der Waals surface area contributed by atoms with Crippen LogP contribution in [0.3, 0.4) is 0 Å². The summed E-state index contributed by atoms with van der Waals surface area (Å²) in [4.78, 5) is 4.02. The van der Waals surface area contributed by atoms with E-state index < -0.39 is 0 Å². The van der Waals surface area contributed by atoms with E-state index in [1.165, 1.54) is 5.57 Å². The van der Waals surface area contributed by atoms with Crippen LogP contribution in [0.2, 0.25) is 0 Å². The van der Waals surface area contributed by atoms with Crippen LogP contribution in [0, 0.1) is 0 Å². The van der Waals surface area contributed by atoms with Crippen molar-refractivity contribution in [3.05, 3.63) is 36.0 Å². The molecule has 1 aliphatic rings. The fourth-order valence-electron chi connectivity index (χ4n) is 0.911. The lowest BCUT2D eigenvalue weighted by molar-refractivity contribution is 0.746. The molecular formula is C10H13N. The van der Waals surface area contributed by atoms with Crippen molar-refractivity contribution < 1.29 is 0 Å². The minimum Gasteiger partial charge on any atom is -0.286 e. The van der Waals surface area contributed by atoms with Crippen LogP contribution in [0.5, 0.6) is 0 Å². The van der Waals surface area contributed by atoms with Gasteiger partial charge in [0.05, 0.1) is 5.54 Å². The summed E-state index contributed by atoms with van der Waals surface area (Å²) in [6.45, 7) is 7.64. The molecule has 1 atom stereocenters. The number of hydrogen-bond acceptors (Lipinski definition) is 1. The number of rotatable bonds is 1. The van der Waals surface area contributed by atoms with E-state index in [-0.39, 0.29) is 5.54 Å². The highest BCUT2D eigenvalue weighted by molar-refractivity contribution is 5.37. The van der Waals surface area contributed by atoms with Gasteiger partial charge >= 0.3 is 0 Å². The monoisotopic (exact) mass is 147 g/mol. The summed E-state index contributed by atoms with van der Waals surface area (Å²) >= 11 is 0. The van der Waals surface area contributed by atoms with Crippen molar-refractivity contribution in [2.45, 2.75) is 19.4 Å². The standard InChI is InChI=1S/C10H13N/c1-9-5-4-7-10(2,11-3)8-6-9/h4-8H,3H2,1-2H3. The van der Waals surface area contributed by atoms with Gasteiger partial charge in [0.25, 0.3) is 0 Å². The van der Waals surface area contributed by atoms with Crippen molar-refractivity contribution in [3.63, 3.8) is 0 Å². The van der Waals surface area contributed by atoms with Crippen LogP contribution < -0.4 is 0 Å². The molecule has 0 spiro atoms. The lowest BCUT2D eigenvalue weighted by Crippen LogP contribution is -2.12. The molecule has 0 aromatic carbocycles. The van der Waals surface area contributed by atoms with Crippen LogP contribution in [0.1, 0.15) is 13.8 Å². The van der Waals surface area contributed by atoms with Gasteiger partial charge in [0.2, 0.25) is 0 Å². The lowest BCUT2D eigenvalue weighted by atomic mass is 10.0. The van der Waals surface area contributed by atoms with Gasteiger partial charge in [-0.3, -0.25) is 4.99 Å². The van der Waals surface area contributed by atoms with E-state index in [0.717, 1.165) is 0 Å². The third-order valence-electron chi connectivity index (χ3n) is 1.82. The Hall–Kier alpha value is -1.11. The molecule has 0 aliphatic heterocycles. The molecule has 0 saturated carbocycles. The summed E-state index contributed by atoms with van der Waals surface area (Å²) in [6, 6.07) is 0. The van der Waals surface area contributed by atoms with Crippen LogP contribution >= 0.6 is 0 Å². The minimum atomic E-state index is -0.214. The van der Waals surface area contributed by atoms with E-state index in [1.807, 2.05) is 19.1 Å². The Morgan fingerprint density at radius 3 is 2.82 bits per heavy atom. The van der Waals surface area contributed by atoms with Gasteiger partial charge in [0.1, 0.15) is 0 Å². The summed E-state index contributed by atoms with van der Waals surface area (Å²) in [7, 11) is 0. The molecule has 0 bridgehead atoms. The molecular weight excluding hydrogens is 134 g/mol. The Balaban J connectivity index is 2.95. The van der Waals surface area contributed by atoms with Gasteiger partial charge in [-0.2, -0.15) is 0 Å². The molecule has 58 valence electrons. The van der Waals surface area contributed by atoms with Gasteiger partial charge in [-0.1, -0.05) is 36.0 Å². The zero-order valence-corrected chi connectivity index (χ0v) is 7.04. The van der Waals surface area contributed by atoms with Gasteiger partial charge in [0, 0.05) is 0 Å². The predicted molar refractivity (Wildman–Crippen MR) is 50.0 cm³/mol. The van der Waals surface area contributed by atoms with Crippen molar-refractivity contribution in [1.82, 2.24) is 0 Å². The minimum absolute atomic E-state index is 0.214. The van der Waals surface area contributed by atoms with E-state index >= 15 is 0 Å². The molecule has 1 rings (SSSR count). The van der Waals surface area contributed by atoms with E-state index in [2.05, 4.69) is 36.9 Å². The van der Waals surface area contributed by atoms with Crippen molar-refractivity contribution in [2.75, 3.05) is 0 Å². The summed E-state index contributed by atoms with van der Waals surface area (Å²) in [5.41, 5.74) is 1.03. The molecule has 0 heterocycles. The fourth-order valence-corrected chi connectivity index (χ4v) is 0.911. The van der Waals surface area contributed by atoms with E-state index in [9.17, 15) is 0 Å². The molecule has 0 aromatic rings. The fraction of sp³-hybridized carbons (Fsp3) is 0.300. The van der Waals surface area contributed by atoms with Gasteiger partial charge in [-0.25, -0.2) is 0 Å². The normalized spacial score (nSPS) is 29.5. The third kappa shape index (κ3) is 1.90. The highest BCUT2D eigenvalue weighted by Crippen LogP contribution is 2.17. The van der Waals surface area contributed by atoms with E-state index in [4.69, 9.17) is 0 Å². The Bertz CT molecular complexity index is 246. The maximum absolute atomic E-state index is 4.02.